The van der Waals surface area contributed by atoms with Crippen LogP contribution in [-0.2, 0) is 18.9 Å². The lowest BCUT2D eigenvalue weighted by Gasteiger charge is -2.18. The van der Waals surface area contributed by atoms with E-state index in [4.69, 9.17) is 0 Å². The maximum Gasteiger partial charge on any atom is 0.451 e. The highest BCUT2D eigenvalue weighted by molar-refractivity contribution is 7.09. The Kier molecular flexibility index (Phi) is 4.05. The van der Waals surface area contributed by atoms with E-state index >= 15 is 0 Å². The van der Waals surface area contributed by atoms with Gasteiger partial charge < -0.3 is 9.88 Å². The molecule has 0 aliphatic rings. The lowest BCUT2D eigenvalue weighted by molar-refractivity contribution is -0.144. The molecular weight excluding hydrogens is 374 g/mol. The molecule has 6 nitrogen and oxygen atoms in total. The molecule has 0 saturated heterocycles. The van der Waals surface area contributed by atoms with Crippen molar-refractivity contribution in [2.75, 3.05) is 11.9 Å². The number of hydrogen-bond acceptors (Lipinski definition) is 6. The largest absolute Gasteiger partial charge is 0.451 e. The first-order chi connectivity index (χ1) is 11.6. The molecule has 134 valence electrons. The summed E-state index contributed by atoms with van der Waals surface area (Å²) in [5.74, 6) is -1.53. The molecule has 0 saturated carbocycles. The molecule has 0 atom stereocenters. The van der Waals surface area contributed by atoms with Crippen molar-refractivity contribution >= 4 is 28.3 Å². The molecule has 0 radical (unpaired) electrons. The van der Waals surface area contributed by atoms with E-state index in [0.29, 0.717) is 0 Å². The van der Waals surface area contributed by atoms with Gasteiger partial charge in [-0.15, -0.1) is 11.3 Å². The van der Waals surface area contributed by atoms with Gasteiger partial charge in [0.25, 0.3) is 0 Å². The van der Waals surface area contributed by atoms with Crippen molar-refractivity contribution in [2.45, 2.75) is 18.9 Å². The van der Waals surface area contributed by atoms with Gasteiger partial charge in [0.15, 0.2) is 17.2 Å². The highest BCUT2D eigenvalue weighted by atomic mass is 32.1. The van der Waals surface area contributed by atoms with Gasteiger partial charge in [-0.2, -0.15) is 26.3 Å². The van der Waals surface area contributed by atoms with Gasteiger partial charge >= 0.3 is 12.4 Å². The molecule has 0 aliphatic heterocycles. The van der Waals surface area contributed by atoms with E-state index in [9.17, 15) is 26.3 Å². The summed E-state index contributed by atoms with van der Waals surface area (Å²) in [5.41, 5.74) is -1.10. The van der Waals surface area contributed by atoms with Crippen molar-refractivity contribution in [1.82, 2.24) is 24.9 Å². The van der Waals surface area contributed by atoms with Gasteiger partial charge in [-0.05, 0) is 0 Å². The number of nitrogens with zero attached hydrogens (tertiary/aromatic N) is 5. The van der Waals surface area contributed by atoms with Gasteiger partial charge in [-0.25, -0.2) is 19.9 Å². The number of imidazole rings is 1. The predicted octanol–water partition coefficient (Wildman–Crippen LogP) is 3.48. The maximum atomic E-state index is 12.9. The van der Waals surface area contributed by atoms with Crippen LogP contribution in [0.15, 0.2) is 11.7 Å². The van der Waals surface area contributed by atoms with Gasteiger partial charge in [0.1, 0.15) is 10.5 Å². The van der Waals surface area contributed by atoms with E-state index in [0.717, 1.165) is 23.0 Å². The Bertz CT molecular complexity index is 898. The standard InChI is InChI=1S/C12H8F6N6S/c1-24(2-6-21-5(3-25-6)11(13,14)15)9-7-8(20-4-19-7)22-10(23-9)12(16,17)18/h3-4H,2H2,1H3,(H,19,20,22,23). The number of H-pyrrole nitrogens is 1. The van der Waals surface area contributed by atoms with E-state index in [-0.39, 0.29) is 28.5 Å². The average Bonchev–Trinajstić information content (AvgIpc) is 3.12. The molecule has 3 heterocycles. The van der Waals surface area contributed by atoms with Crippen LogP contribution in [0.3, 0.4) is 0 Å². The maximum absolute atomic E-state index is 12.9. The molecule has 25 heavy (non-hydrogen) atoms. The molecule has 0 unspecified atom stereocenters. The molecule has 0 fully saturated rings. The third-order valence-corrected chi connectivity index (χ3v) is 3.93. The molecule has 0 aliphatic carbocycles. The molecule has 1 N–H and O–H groups in total. The number of hydrogen-bond donors (Lipinski definition) is 1. The van der Waals surface area contributed by atoms with Crippen molar-refractivity contribution in [3.8, 4) is 0 Å². The van der Waals surface area contributed by atoms with Gasteiger partial charge in [-0.1, -0.05) is 0 Å². The second-order valence-electron chi connectivity index (χ2n) is 4.95. The van der Waals surface area contributed by atoms with Crippen LogP contribution in [0.1, 0.15) is 16.5 Å². The minimum atomic E-state index is -4.78. The summed E-state index contributed by atoms with van der Waals surface area (Å²) in [6.45, 7) is -0.164. The highest BCUT2D eigenvalue weighted by Gasteiger charge is 2.37. The van der Waals surface area contributed by atoms with Crippen LogP contribution in [0.25, 0.3) is 11.2 Å². The summed E-state index contributed by atoms with van der Waals surface area (Å²) in [7, 11) is 1.39. The number of thiazole rings is 1. The molecule has 0 amide bonds. The van der Waals surface area contributed by atoms with E-state index in [1.54, 1.807) is 0 Å². The molecular formula is C12H8F6N6S. The van der Waals surface area contributed by atoms with Crippen LogP contribution in [-0.4, -0.2) is 32.0 Å². The first kappa shape index (κ1) is 17.4. The fraction of sp³-hybridized carbons (Fsp3) is 0.333. The summed E-state index contributed by atoms with van der Waals surface area (Å²) in [6.07, 6.45) is -8.21. The number of fused-ring (bicyclic) bond motifs is 1. The number of aromatic amines is 1. The molecule has 0 bridgehead atoms. The molecule has 3 rings (SSSR count). The Morgan fingerprint density at radius 3 is 2.40 bits per heavy atom. The SMILES string of the molecule is CN(Cc1nc(C(F)(F)F)cs1)c1nc(C(F)(F)F)nc2nc[nH]c12. The number of halogens is 6. The lowest BCUT2D eigenvalue weighted by atomic mass is 10.4. The zero-order chi connectivity index (χ0) is 18.4. The fourth-order valence-electron chi connectivity index (χ4n) is 2.01. The van der Waals surface area contributed by atoms with E-state index in [2.05, 4.69) is 24.9 Å². The monoisotopic (exact) mass is 382 g/mol. The van der Waals surface area contributed by atoms with Gasteiger partial charge in [0, 0.05) is 12.4 Å². The van der Waals surface area contributed by atoms with Gasteiger partial charge in [0.05, 0.1) is 12.9 Å². The second-order valence-corrected chi connectivity index (χ2v) is 5.89. The Labute approximate surface area is 139 Å². The van der Waals surface area contributed by atoms with Crippen LogP contribution >= 0.6 is 11.3 Å². The van der Waals surface area contributed by atoms with Crippen molar-refractivity contribution in [3.05, 3.63) is 28.2 Å². The van der Waals surface area contributed by atoms with E-state index in [1.165, 1.54) is 11.9 Å². The Hall–Kier alpha value is -2.44. The second kappa shape index (κ2) is 5.82. The Balaban J connectivity index is 1.95. The number of aromatic nitrogens is 5. The summed E-state index contributed by atoms with van der Waals surface area (Å²) < 4.78 is 76.5. The fourth-order valence-corrected chi connectivity index (χ4v) is 2.87. The molecule has 13 heteroatoms. The number of anilines is 1. The van der Waals surface area contributed by atoms with Crippen molar-refractivity contribution < 1.29 is 26.3 Å². The minimum Gasteiger partial charge on any atom is -0.351 e. The number of rotatable bonds is 3. The summed E-state index contributed by atoms with van der Waals surface area (Å²) in [6, 6.07) is 0. The molecule has 0 spiro atoms. The van der Waals surface area contributed by atoms with Crippen molar-refractivity contribution in [3.63, 3.8) is 0 Å². The number of nitrogens with one attached hydrogen (secondary N) is 1. The van der Waals surface area contributed by atoms with Crippen LogP contribution in [0.5, 0.6) is 0 Å². The normalized spacial score (nSPS) is 12.8. The lowest BCUT2D eigenvalue weighted by Crippen LogP contribution is -2.21. The zero-order valence-corrected chi connectivity index (χ0v) is 13.1. The molecule has 3 aromatic heterocycles. The van der Waals surface area contributed by atoms with Crippen LogP contribution in [0, 0.1) is 0 Å². The third kappa shape index (κ3) is 3.50. The third-order valence-electron chi connectivity index (χ3n) is 3.10. The summed E-state index contributed by atoms with van der Waals surface area (Å²) in [5, 5.41) is 0.922. The van der Waals surface area contributed by atoms with Gasteiger partial charge in [-0.3, -0.25) is 0 Å². The van der Waals surface area contributed by atoms with Crippen molar-refractivity contribution in [1.29, 1.82) is 0 Å². The first-order valence-corrected chi connectivity index (χ1v) is 7.44. The topological polar surface area (TPSA) is 70.6 Å². The minimum absolute atomic E-state index is 0.0784. The quantitative estimate of drug-likeness (QED) is 0.703. The van der Waals surface area contributed by atoms with Crippen LogP contribution < -0.4 is 4.90 Å². The Morgan fingerprint density at radius 2 is 1.80 bits per heavy atom. The van der Waals surface area contributed by atoms with E-state index in [1.807, 2.05) is 0 Å². The smallest absolute Gasteiger partial charge is 0.351 e. The van der Waals surface area contributed by atoms with Crippen LogP contribution in [0.2, 0.25) is 0 Å². The highest BCUT2D eigenvalue weighted by Crippen LogP contribution is 2.32. The molecule has 0 aromatic carbocycles. The van der Waals surface area contributed by atoms with E-state index < -0.39 is 23.9 Å². The number of alkyl halides is 6. The first-order valence-electron chi connectivity index (χ1n) is 6.57. The predicted molar refractivity (Wildman–Crippen MR) is 75.9 cm³/mol. The summed E-state index contributed by atoms with van der Waals surface area (Å²) >= 11 is 0.752. The van der Waals surface area contributed by atoms with Crippen LogP contribution in [0.4, 0.5) is 32.2 Å². The Morgan fingerprint density at radius 1 is 1.08 bits per heavy atom. The molecule has 3 aromatic rings. The average molecular weight is 382 g/mol. The zero-order valence-electron chi connectivity index (χ0n) is 12.3. The van der Waals surface area contributed by atoms with Gasteiger partial charge in [0.2, 0.25) is 5.82 Å². The van der Waals surface area contributed by atoms with Crippen molar-refractivity contribution in [2.24, 2.45) is 0 Å². The summed E-state index contributed by atoms with van der Waals surface area (Å²) in [4.78, 5) is 17.8.